The number of piperidine rings is 1. The average Bonchev–Trinajstić information content (AvgIpc) is 2.46. The molecular weight excluding hydrogens is 242 g/mol. The fourth-order valence-electron chi connectivity index (χ4n) is 2.40. The second-order valence-electron chi connectivity index (χ2n) is 4.74. The van der Waals surface area contributed by atoms with Gasteiger partial charge in [0.25, 0.3) is 0 Å². The van der Waals surface area contributed by atoms with E-state index in [0.717, 1.165) is 38.2 Å². The summed E-state index contributed by atoms with van der Waals surface area (Å²) >= 11 is 0. The number of aliphatic hydroxyl groups is 1. The first-order chi connectivity index (χ1) is 9.33. The Labute approximate surface area is 114 Å². The molecule has 2 N–H and O–H groups in total. The van der Waals surface area contributed by atoms with Crippen LogP contribution in [0.2, 0.25) is 0 Å². The maximum absolute atomic E-state index is 8.76. The Morgan fingerprint density at radius 1 is 1.42 bits per heavy atom. The molecule has 106 valence electrons. The first kappa shape index (κ1) is 14.1. The molecule has 0 atom stereocenters. The summed E-state index contributed by atoms with van der Waals surface area (Å²) in [5.41, 5.74) is 2.23. The molecule has 0 saturated carbocycles. The van der Waals surface area contributed by atoms with E-state index in [1.54, 1.807) is 0 Å². The van der Waals surface area contributed by atoms with Gasteiger partial charge in [-0.3, -0.25) is 4.98 Å². The van der Waals surface area contributed by atoms with Crippen molar-refractivity contribution in [1.29, 1.82) is 0 Å². The molecule has 1 aliphatic heterocycles. The molecule has 1 aromatic heterocycles. The van der Waals surface area contributed by atoms with Gasteiger partial charge in [-0.2, -0.15) is 0 Å². The van der Waals surface area contributed by atoms with Gasteiger partial charge >= 0.3 is 0 Å². The third-order valence-electron chi connectivity index (χ3n) is 3.36. The molecule has 0 radical (unpaired) electrons. The molecule has 0 bridgehead atoms. The second kappa shape index (κ2) is 7.31. The largest absolute Gasteiger partial charge is 0.394 e. The molecule has 2 heterocycles. The standard InChI is InChI=1S/C14H23N3O2/c1-2-16-12-9-13(11-15-10-12)17-5-3-14(4-6-17)19-8-7-18/h9-11,14,16,18H,2-8H2,1H3. The Morgan fingerprint density at radius 3 is 2.89 bits per heavy atom. The summed E-state index contributed by atoms with van der Waals surface area (Å²) < 4.78 is 5.57. The van der Waals surface area contributed by atoms with Crippen molar-refractivity contribution in [3.8, 4) is 0 Å². The number of hydrogen-bond acceptors (Lipinski definition) is 5. The van der Waals surface area contributed by atoms with Gasteiger partial charge in [-0.1, -0.05) is 0 Å². The van der Waals surface area contributed by atoms with Crippen LogP contribution >= 0.6 is 0 Å². The van der Waals surface area contributed by atoms with Crippen LogP contribution in [-0.4, -0.2) is 49.0 Å². The van der Waals surface area contributed by atoms with Gasteiger partial charge in [-0.05, 0) is 25.8 Å². The summed E-state index contributed by atoms with van der Waals surface area (Å²) in [4.78, 5) is 6.62. The predicted octanol–water partition coefficient (Wildman–Crippen LogP) is 1.49. The van der Waals surface area contributed by atoms with E-state index in [4.69, 9.17) is 9.84 Å². The van der Waals surface area contributed by atoms with E-state index >= 15 is 0 Å². The summed E-state index contributed by atoms with van der Waals surface area (Å²) in [6.45, 7) is 5.50. The molecule has 0 aromatic carbocycles. The van der Waals surface area contributed by atoms with Gasteiger partial charge in [0.1, 0.15) is 0 Å². The smallest absolute Gasteiger partial charge is 0.0701 e. The second-order valence-corrected chi connectivity index (χ2v) is 4.74. The van der Waals surface area contributed by atoms with Gasteiger partial charge in [-0.15, -0.1) is 0 Å². The lowest BCUT2D eigenvalue weighted by Crippen LogP contribution is -2.37. The lowest BCUT2D eigenvalue weighted by atomic mass is 10.1. The Hall–Kier alpha value is -1.33. The fourth-order valence-corrected chi connectivity index (χ4v) is 2.40. The van der Waals surface area contributed by atoms with Crippen molar-refractivity contribution in [2.45, 2.75) is 25.9 Å². The molecule has 1 aromatic rings. The van der Waals surface area contributed by atoms with E-state index in [1.807, 2.05) is 12.4 Å². The fraction of sp³-hybridized carbons (Fsp3) is 0.643. The van der Waals surface area contributed by atoms with E-state index in [0.29, 0.717) is 6.61 Å². The highest BCUT2D eigenvalue weighted by atomic mass is 16.5. The number of nitrogens with one attached hydrogen (secondary N) is 1. The van der Waals surface area contributed by atoms with Crippen molar-refractivity contribution >= 4 is 11.4 Å². The number of pyridine rings is 1. The Morgan fingerprint density at radius 2 is 2.21 bits per heavy atom. The quantitative estimate of drug-likeness (QED) is 0.816. The van der Waals surface area contributed by atoms with Crippen molar-refractivity contribution in [1.82, 2.24) is 4.98 Å². The van der Waals surface area contributed by atoms with E-state index in [-0.39, 0.29) is 12.7 Å². The van der Waals surface area contributed by atoms with Gasteiger partial charge in [0.2, 0.25) is 0 Å². The molecule has 0 aliphatic carbocycles. The normalized spacial score (nSPS) is 16.6. The van der Waals surface area contributed by atoms with Crippen molar-refractivity contribution in [3.63, 3.8) is 0 Å². The van der Waals surface area contributed by atoms with Crippen LogP contribution in [0.25, 0.3) is 0 Å². The van der Waals surface area contributed by atoms with E-state index < -0.39 is 0 Å². The summed E-state index contributed by atoms with van der Waals surface area (Å²) in [6.07, 6.45) is 6.06. The molecule has 1 aliphatic rings. The summed E-state index contributed by atoms with van der Waals surface area (Å²) in [7, 11) is 0. The highest BCUT2D eigenvalue weighted by Gasteiger charge is 2.20. The Balaban J connectivity index is 1.88. The number of rotatable bonds is 6. The van der Waals surface area contributed by atoms with Crippen molar-refractivity contribution in [2.24, 2.45) is 0 Å². The van der Waals surface area contributed by atoms with Crippen molar-refractivity contribution in [3.05, 3.63) is 18.5 Å². The van der Waals surface area contributed by atoms with Crippen LogP contribution in [0, 0.1) is 0 Å². The molecule has 1 saturated heterocycles. The van der Waals surface area contributed by atoms with Crippen LogP contribution in [0.1, 0.15) is 19.8 Å². The summed E-state index contributed by atoms with van der Waals surface area (Å²) in [6, 6.07) is 2.14. The molecule has 5 heteroatoms. The zero-order chi connectivity index (χ0) is 13.5. The number of anilines is 2. The van der Waals surface area contributed by atoms with E-state index in [9.17, 15) is 0 Å². The Kier molecular flexibility index (Phi) is 5.42. The number of aliphatic hydroxyl groups excluding tert-OH is 1. The highest BCUT2D eigenvalue weighted by Crippen LogP contribution is 2.23. The van der Waals surface area contributed by atoms with Crippen LogP contribution in [0.15, 0.2) is 18.5 Å². The van der Waals surface area contributed by atoms with Gasteiger partial charge < -0.3 is 20.1 Å². The summed E-state index contributed by atoms with van der Waals surface area (Å²) in [5, 5.41) is 12.0. The van der Waals surface area contributed by atoms with Crippen molar-refractivity contribution < 1.29 is 9.84 Å². The molecule has 0 unspecified atom stereocenters. The molecule has 1 fully saturated rings. The minimum absolute atomic E-state index is 0.106. The molecule has 0 amide bonds. The number of hydrogen-bond donors (Lipinski definition) is 2. The molecular formula is C14H23N3O2. The number of ether oxygens (including phenoxy) is 1. The van der Waals surface area contributed by atoms with E-state index in [1.165, 1.54) is 5.69 Å². The third kappa shape index (κ3) is 4.08. The number of nitrogens with zero attached hydrogens (tertiary/aromatic N) is 2. The zero-order valence-corrected chi connectivity index (χ0v) is 11.5. The zero-order valence-electron chi connectivity index (χ0n) is 11.5. The first-order valence-corrected chi connectivity index (χ1v) is 6.99. The molecule has 0 spiro atoms. The van der Waals surface area contributed by atoms with Crippen LogP contribution in [-0.2, 0) is 4.74 Å². The lowest BCUT2D eigenvalue weighted by Gasteiger charge is -2.33. The molecule has 2 rings (SSSR count). The topological polar surface area (TPSA) is 57.6 Å². The lowest BCUT2D eigenvalue weighted by molar-refractivity contribution is 0.0159. The Bertz CT molecular complexity index is 379. The van der Waals surface area contributed by atoms with Gasteiger partial charge in [0.05, 0.1) is 43.1 Å². The van der Waals surface area contributed by atoms with Gasteiger partial charge in [-0.25, -0.2) is 0 Å². The number of aromatic nitrogens is 1. The highest BCUT2D eigenvalue weighted by molar-refractivity contribution is 5.55. The minimum Gasteiger partial charge on any atom is -0.394 e. The van der Waals surface area contributed by atoms with E-state index in [2.05, 4.69) is 28.2 Å². The van der Waals surface area contributed by atoms with Crippen LogP contribution < -0.4 is 10.2 Å². The summed E-state index contributed by atoms with van der Waals surface area (Å²) in [5.74, 6) is 0. The monoisotopic (exact) mass is 265 g/mol. The van der Waals surface area contributed by atoms with Crippen LogP contribution in [0.3, 0.4) is 0 Å². The maximum Gasteiger partial charge on any atom is 0.0701 e. The third-order valence-corrected chi connectivity index (χ3v) is 3.36. The maximum atomic E-state index is 8.76. The minimum atomic E-state index is 0.106. The predicted molar refractivity (Wildman–Crippen MR) is 76.7 cm³/mol. The van der Waals surface area contributed by atoms with Gasteiger partial charge in [0, 0.05) is 19.6 Å². The van der Waals surface area contributed by atoms with Crippen LogP contribution in [0.4, 0.5) is 11.4 Å². The van der Waals surface area contributed by atoms with Gasteiger partial charge in [0.15, 0.2) is 0 Å². The molecule has 5 nitrogen and oxygen atoms in total. The molecule has 19 heavy (non-hydrogen) atoms. The SMILES string of the molecule is CCNc1cncc(N2CCC(OCCO)CC2)c1. The van der Waals surface area contributed by atoms with Crippen LogP contribution in [0.5, 0.6) is 0 Å². The van der Waals surface area contributed by atoms with Crippen molar-refractivity contribution in [2.75, 3.05) is 43.1 Å². The first-order valence-electron chi connectivity index (χ1n) is 6.99. The average molecular weight is 265 g/mol.